The molecule has 0 aliphatic carbocycles. The van der Waals surface area contributed by atoms with E-state index in [9.17, 15) is 18.8 Å². The van der Waals surface area contributed by atoms with Crippen molar-refractivity contribution in [3.8, 4) is 11.5 Å². The molecule has 162 valence electrons. The quantitative estimate of drug-likeness (QED) is 0.625. The molecule has 0 aromatic heterocycles. The fourth-order valence-corrected chi connectivity index (χ4v) is 3.78. The topological polar surface area (TPSA) is 84.9 Å². The van der Waals surface area contributed by atoms with E-state index in [1.165, 1.54) is 25.3 Å². The first-order valence-corrected chi connectivity index (χ1v) is 10.3. The average molecular weight is 444 g/mol. The molecule has 1 aliphatic rings. The second-order valence-electron chi connectivity index (χ2n) is 6.41. The zero-order chi connectivity index (χ0) is 22.4. The maximum Gasteiger partial charge on any atom is 0.293 e. The third kappa shape index (κ3) is 5.24. The number of hydrogen-bond donors (Lipinski definition) is 1. The number of imide groups is 1. The van der Waals surface area contributed by atoms with Gasteiger partial charge in [0, 0.05) is 13.1 Å². The molecule has 0 unspecified atom stereocenters. The summed E-state index contributed by atoms with van der Waals surface area (Å²) in [6.45, 7) is 2.34. The van der Waals surface area contributed by atoms with Crippen LogP contribution in [0.5, 0.6) is 11.5 Å². The summed E-state index contributed by atoms with van der Waals surface area (Å²) in [5, 5.41) is 2.09. The van der Waals surface area contributed by atoms with Crippen LogP contribution in [0.25, 0.3) is 6.08 Å². The van der Waals surface area contributed by atoms with Gasteiger partial charge in [-0.1, -0.05) is 18.2 Å². The van der Waals surface area contributed by atoms with Crippen molar-refractivity contribution in [2.75, 3.05) is 26.8 Å². The first-order valence-electron chi connectivity index (χ1n) is 9.53. The lowest BCUT2D eigenvalue weighted by atomic mass is 10.2. The van der Waals surface area contributed by atoms with E-state index < -0.39 is 22.9 Å². The van der Waals surface area contributed by atoms with Crippen molar-refractivity contribution < 1.29 is 28.2 Å². The molecule has 0 bridgehead atoms. The third-order valence-corrected chi connectivity index (χ3v) is 5.31. The fourth-order valence-electron chi connectivity index (χ4n) is 2.91. The monoisotopic (exact) mass is 444 g/mol. The predicted octanol–water partition coefficient (Wildman–Crippen LogP) is 3.70. The maximum absolute atomic E-state index is 13.7. The fraction of sp³-hybridized carbons (Fsp3) is 0.227. The summed E-state index contributed by atoms with van der Waals surface area (Å²) in [5.41, 5.74) is 0.583. The highest BCUT2D eigenvalue weighted by molar-refractivity contribution is 8.18. The number of rotatable bonds is 8. The minimum absolute atomic E-state index is 0.00929. The zero-order valence-electron chi connectivity index (χ0n) is 17.0. The number of ether oxygens (including phenoxy) is 2. The lowest BCUT2D eigenvalue weighted by Gasteiger charge is -2.13. The van der Waals surface area contributed by atoms with E-state index in [0.717, 1.165) is 16.7 Å². The largest absolute Gasteiger partial charge is 0.493 e. The van der Waals surface area contributed by atoms with Gasteiger partial charge in [-0.2, -0.15) is 0 Å². The molecule has 3 rings (SSSR count). The van der Waals surface area contributed by atoms with Crippen molar-refractivity contribution >= 4 is 34.9 Å². The number of benzene rings is 2. The van der Waals surface area contributed by atoms with Crippen LogP contribution in [0, 0.1) is 5.82 Å². The van der Waals surface area contributed by atoms with Gasteiger partial charge in [0.2, 0.25) is 0 Å². The van der Waals surface area contributed by atoms with Crippen molar-refractivity contribution in [1.29, 1.82) is 0 Å². The van der Waals surface area contributed by atoms with Gasteiger partial charge < -0.3 is 14.8 Å². The molecule has 2 aromatic carbocycles. The molecule has 0 atom stereocenters. The van der Waals surface area contributed by atoms with Gasteiger partial charge in [0.05, 0.1) is 24.2 Å². The van der Waals surface area contributed by atoms with Crippen molar-refractivity contribution in [1.82, 2.24) is 10.2 Å². The van der Waals surface area contributed by atoms with Crippen molar-refractivity contribution in [2.45, 2.75) is 6.92 Å². The van der Waals surface area contributed by atoms with E-state index in [1.807, 2.05) is 6.92 Å². The Morgan fingerprint density at radius 1 is 1.19 bits per heavy atom. The summed E-state index contributed by atoms with van der Waals surface area (Å²) >= 11 is 0.816. The number of hydrogen-bond acceptors (Lipinski definition) is 6. The van der Waals surface area contributed by atoms with Crippen LogP contribution in [0.1, 0.15) is 22.8 Å². The Bertz CT molecular complexity index is 1040. The third-order valence-electron chi connectivity index (χ3n) is 4.40. The molecule has 3 amide bonds. The molecular formula is C22H21FN2O5S. The van der Waals surface area contributed by atoms with Gasteiger partial charge in [-0.3, -0.25) is 19.3 Å². The van der Waals surface area contributed by atoms with Gasteiger partial charge >= 0.3 is 0 Å². The van der Waals surface area contributed by atoms with E-state index in [0.29, 0.717) is 23.7 Å². The second kappa shape index (κ2) is 10.1. The number of carbonyl (C=O) groups excluding carboxylic acids is 3. The summed E-state index contributed by atoms with van der Waals surface area (Å²) in [6.07, 6.45) is 1.60. The number of carbonyl (C=O) groups is 3. The van der Waals surface area contributed by atoms with E-state index >= 15 is 0 Å². The molecule has 1 heterocycles. The van der Waals surface area contributed by atoms with E-state index in [4.69, 9.17) is 9.47 Å². The molecule has 7 nitrogen and oxygen atoms in total. The van der Waals surface area contributed by atoms with Crippen LogP contribution in [-0.2, 0) is 4.79 Å². The number of thioether (sulfide) groups is 1. The number of amides is 3. The first kappa shape index (κ1) is 22.4. The zero-order valence-corrected chi connectivity index (χ0v) is 17.8. The highest BCUT2D eigenvalue weighted by Crippen LogP contribution is 2.34. The number of halogens is 1. The first-order chi connectivity index (χ1) is 14.9. The van der Waals surface area contributed by atoms with Gasteiger partial charge in [-0.05, 0) is 54.6 Å². The Labute approximate surface area is 183 Å². The highest BCUT2D eigenvalue weighted by atomic mass is 32.2. The summed E-state index contributed by atoms with van der Waals surface area (Å²) in [6, 6.07) is 10.8. The lowest BCUT2D eigenvalue weighted by molar-refractivity contribution is -0.122. The minimum atomic E-state index is -0.639. The Morgan fingerprint density at radius 3 is 2.68 bits per heavy atom. The molecule has 1 N–H and O–H groups in total. The maximum atomic E-state index is 13.7. The molecule has 0 radical (unpaired) electrons. The minimum Gasteiger partial charge on any atom is -0.493 e. The van der Waals surface area contributed by atoms with Crippen LogP contribution in [0.15, 0.2) is 47.4 Å². The predicted molar refractivity (Wildman–Crippen MR) is 116 cm³/mol. The van der Waals surface area contributed by atoms with Crippen molar-refractivity contribution in [2.24, 2.45) is 0 Å². The smallest absolute Gasteiger partial charge is 0.293 e. The van der Waals surface area contributed by atoms with Crippen LogP contribution >= 0.6 is 11.8 Å². The van der Waals surface area contributed by atoms with Crippen LogP contribution in [-0.4, -0.2) is 48.8 Å². The van der Waals surface area contributed by atoms with E-state index in [2.05, 4.69) is 5.32 Å². The Kier molecular flexibility index (Phi) is 7.30. The number of nitrogens with zero attached hydrogens (tertiary/aromatic N) is 1. The van der Waals surface area contributed by atoms with Crippen molar-refractivity contribution in [3.05, 3.63) is 64.3 Å². The summed E-state index contributed by atoms with van der Waals surface area (Å²) < 4.78 is 24.4. The Balaban J connectivity index is 1.64. The summed E-state index contributed by atoms with van der Waals surface area (Å²) in [5.74, 6) is -0.600. The van der Waals surface area contributed by atoms with Gasteiger partial charge in [0.15, 0.2) is 11.5 Å². The summed E-state index contributed by atoms with van der Waals surface area (Å²) in [4.78, 5) is 38.3. The van der Waals surface area contributed by atoms with Gasteiger partial charge in [0.25, 0.3) is 17.1 Å². The normalized spacial score (nSPS) is 14.8. The molecule has 2 aromatic rings. The second-order valence-corrected chi connectivity index (χ2v) is 7.41. The van der Waals surface area contributed by atoms with Crippen molar-refractivity contribution in [3.63, 3.8) is 0 Å². The molecule has 0 spiro atoms. The molecular weight excluding hydrogens is 423 g/mol. The Hall–Kier alpha value is -3.33. The Morgan fingerprint density at radius 2 is 1.97 bits per heavy atom. The van der Waals surface area contributed by atoms with Crippen LogP contribution < -0.4 is 14.8 Å². The molecule has 0 saturated carbocycles. The SMILES string of the molecule is CCOc1ccc(C=C2SC(=O)N(CCNC(=O)c3ccccc3F)C2=O)cc1OC. The van der Waals surface area contributed by atoms with Crippen LogP contribution in [0.4, 0.5) is 9.18 Å². The van der Waals surface area contributed by atoms with Crippen LogP contribution in [0.3, 0.4) is 0 Å². The molecule has 1 aliphatic heterocycles. The number of methoxy groups -OCH3 is 1. The standard InChI is InChI=1S/C22H21FN2O5S/c1-3-30-17-9-8-14(12-18(17)29-2)13-19-21(27)25(22(28)31-19)11-10-24-20(26)15-6-4-5-7-16(15)23/h4-9,12-13H,3,10-11H2,1-2H3,(H,24,26). The molecule has 31 heavy (non-hydrogen) atoms. The summed E-state index contributed by atoms with van der Waals surface area (Å²) in [7, 11) is 1.52. The van der Waals surface area contributed by atoms with E-state index in [1.54, 1.807) is 30.3 Å². The van der Waals surface area contributed by atoms with E-state index in [-0.39, 0.29) is 23.6 Å². The highest BCUT2D eigenvalue weighted by Gasteiger charge is 2.34. The molecule has 1 fully saturated rings. The van der Waals surface area contributed by atoms with Gasteiger partial charge in [-0.15, -0.1) is 0 Å². The van der Waals surface area contributed by atoms with Gasteiger partial charge in [-0.25, -0.2) is 4.39 Å². The van der Waals surface area contributed by atoms with Crippen LogP contribution in [0.2, 0.25) is 0 Å². The van der Waals surface area contributed by atoms with Gasteiger partial charge in [0.1, 0.15) is 5.82 Å². The average Bonchev–Trinajstić information content (AvgIpc) is 3.02. The number of nitrogens with one attached hydrogen (secondary N) is 1. The molecule has 1 saturated heterocycles. The molecule has 9 heteroatoms. The lowest BCUT2D eigenvalue weighted by Crippen LogP contribution is -2.37.